The number of alkyl halides is 3. The highest BCUT2D eigenvalue weighted by Crippen LogP contribution is 2.34. The summed E-state index contributed by atoms with van der Waals surface area (Å²) in [6.07, 6.45) is -1.25. The van der Waals surface area contributed by atoms with Gasteiger partial charge in [0.25, 0.3) is 5.91 Å². The number of esters is 1. The van der Waals surface area contributed by atoms with Gasteiger partial charge in [-0.1, -0.05) is 25.0 Å². The van der Waals surface area contributed by atoms with Gasteiger partial charge in [0.15, 0.2) is 6.61 Å². The molecule has 2 amide bonds. The van der Waals surface area contributed by atoms with Crippen LogP contribution in [0.4, 0.5) is 18.9 Å². The molecule has 1 aromatic carbocycles. The van der Waals surface area contributed by atoms with Crippen molar-refractivity contribution in [3.05, 3.63) is 29.8 Å². The monoisotopic (exact) mass is 386 g/mol. The number of hydrogen-bond acceptors (Lipinski definition) is 4. The predicted molar refractivity (Wildman–Crippen MR) is 90.6 cm³/mol. The van der Waals surface area contributed by atoms with Crippen LogP contribution in [-0.2, 0) is 25.3 Å². The highest BCUT2D eigenvalue weighted by Gasteiger charge is 2.34. The third-order valence-corrected chi connectivity index (χ3v) is 4.34. The zero-order valence-electron chi connectivity index (χ0n) is 14.8. The summed E-state index contributed by atoms with van der Waals surface area (Å²) in [5, 5.41) is 4.63. The Kier molecular flexibility index (Phi) is 6.81. The van der Waals surface area contributed by atoms with E-state index in [1.807, 2.05) is 0 Å². The number of hydrogen-bond donors (Lipinski definition) is 2. The zero-order chi connectivity index (χ0) is 20.0. The number of carbonyl (C=O) groups excluding carboxylic acids is 3. The Balaban J connectivity index is 1.96. The van der Waals surface area contributed by atoms with Crippen LogP contribution in [-0.4, -0.2) is 30.4 Å². The van der Waals surface area contributed by atoms with E-state index < -0.39 is 47.9 Å². The second-order valence-electron chi connectivity index (χ2n) is 6.42. The fourth-order valence-electron chi connectivity index (χ4n) is 3.13. The molecule has 2 rings (SSSR count). The van der Waals surface area contributed by atoms with Crippen LogP contribution in [0, 0.1) is 5.92 Å². The van der Waals surface area contributed by atoms with Crippen LogP contribution in [0.3, 0.4) is 0 Å². The molecule has 2 N–H and O–H groups in total. The van der Waals surface area contributed by atoms with Gasteiger partial charge in [0.05, 0.1) is 11.3 Å². The molecule has 1 unspecified atom stereocenters. The number of nitrogens with one attached hydrogen (secondary N) is 2. The number of halogens is 3. The molecule has 0 aliphatic heterocycles. The molecule has 27 heavy (non-hydrogen) atoms. The Morgan fingerprint density at radius 2 is 1.81 bits per heavy atom. The van der Waals surface area contributed by atoms with Crippen LogP contribution in [0.2, 0.25) is 0 Å². The number of amides is 2. The number of para-hydroxylation sites is 1. The van der Waals surface area contributed by atoms with Crippen molar-refractivity contribution in [2.45, 2.75) is 44.8 Å². The molecular weight excluding hydrogens is 365 g/mol. The number of carbonyl (C=O) groups is 3. The Morgan fingerprint density at radius 3 is 2.41 bits per heavy atom. The minimum atomic E-state index is -4.63. The van der Waals surface area contributed by atoms with Gasteiger partial charge in [-0.05, 0) is 30.9 Å². The maximum atomic E-state index is 12.9. The Bertz CT molecular complexity index is 700. The third kappa shape index (κ3) is 5.97. The Labute approximate surface area is 154 Å². The molecule has 1 aliphatic carbocycles. The average Bonchev–Trinajstić information content (AvgIpc) is 3.11. The standard InChI is InChI=1S/C18H21F3N2O4/c1-11(24)22-16(12-6-2-3-7-12)17(26)27-10-15(25)23-14-9-5-4-8-13(14)18(19,20)21/h4-5,8-9,12,16H,2-3,6-7,10H2,1H3,(H,22,24)(H,23,25). The molecule has 0 aromatic heterocycles. The zero-order valence-corrected chi connectivity index (χ0v) is 14.8. The largest absolute Gasteiger partial charge is 0.454 e. The first-order valence-electron chi connectivity index (χ1n) is 8.58. The summed E-state index contributed by atoms with van der Waals surface area (Å²) in [7, 11) is 0. The van der Waals surface area contributed by atoms with Crippen molar-refractivity contribution in [2.75, 3.05) is 11.9 Å². The lowest BCUT2D eigenvalue weighted by atomic mass is 9.98. The van der Waals surface area contributed by atoms with E-state index >= 15 is 0 Å². The van der Waals surface area contributed by atoms with Crippen LogP contribution >= 0.6 is 0 Å². The fraction of sp³-hybridized carbons (Fsp3) is 0.500. The van der Waals surface area contributed by atoms with Crippen LogP contribution in [0.5, 0.6) is 0 Å². The third-order valence-electron chi connectivity index (χ3n) is 4.34. The summed E-state index contributed by atoms with van der Waals surface area (Å²) in [4.78, 5) is 35.5. The quantitative estimate of drug-likeness (QED) is 0.737. The van der Waals surface area contributed by atoms with Gasteiger partial charge in [-0.3, -0.25) is 9.59 Å². The number of benzene rings is 1. The molecule has 1 atom stereocenters. The van der Waals surface area contributed by atoms with Gasteiger partial charge in [-0.15, -0.1) is 0 Å². The maximum absolute atomic E-state index is 12.9. The van der Waals surface area contributed by atoms with Gasteiger partial charge in [0.2, 0.25) is 5.91 Å². The fourth-order valence-corrected chi connectivity index (χ4v) is 3.13. The van der Waals surface area contributed by atoms with Gasteiger partial charge < -0.3 is 15.4 Å². The normalized spacial score (nSPS) is 15.9. The minimum Gasteiger partial charge on any atom is -0.454 e. The molecule has 6 nitrogen and oxygen atoms in total. The lowest BCUT2D eigenvalue weighted by Crippen LogP contribution is -2.46. The molecule has 148 valence electrons. The second kappa shape index (κ2) is 8.88. The minimum absolute atomic E-state index is 0.0737. The summed E-state index contributed by atoms with van der Waals surface area (Å²) >= 11 is 0. The van der Waals surface area contributed by atoms with Crippen LogP contribution in [0.15, 0.2) is 24.3 Å². The predicted octanol–water partition coefficient (Wildman–Crippen LogP) is 2.88. The van der Waals surface area contributed by atoms with E-state index in [4.69, 9.17) is 4.74 Å². The number of rotatable bonds is 6. The van der Waals surface area contributed by atoms with Crippen molar-refractivity contribution in [2.24, 2.45) is 5.92 Å². The maximum Gasteiger partial charge on any atom is 0.418 e. The van der Waals surface area contributed by atoms with Crippen molar-refractivity contribution in [3.63, 3.8) is 0 Å². The number of anilines is 1. The molecule has 0 radical (unpaired) electrons. The van der Waals surface area contributed by atoms with Crippen LogP contribution in [0.25, 0.3) is 0 Å². The van der Waals surface area contributed by atoms with Gasteiger partial charge in [-0.25, -0.2) is 4.79 Å². The van der Waals surface area contributed by atoms with E-state index in [1.54, 1.807) is 0 Å². The van der Waals surface area contributed by atoms with Crippen molar-refractivity contribution in [1.82, 2.24) is 5.32 Å². The van der Waals surface area contributed by atoms with E-state index in [9.17, 15) is 27.6 Å². The van der Waals surface area contributed by atoms with Gasteiger partial charge >= 0.3 is 12.1 Å². The molecule has 9 heteroatoms. The molecule has 0 spiro atoms. The highest BCUT2D eigenvalue weighted by molar-refractivity contribution is 5.94. The van der Waals surface area contributed by atoms with Crippen molar-refractivity contribution < 1.29 is 32.3 Å². The summed E-state index contributed by atoms with van der Waals surface area (Å²) in [6.45, 7) is 0.532. The van der Waals surface area contributed by atoms with E-state index in [2.05, 4.69) is 10.6 Å². The molecule has 1 fully saturated rings. The second-order valence-corrected chi connectivity index (χ2v) is 6.42. The first-order valence-corrected chi connectivity index (χ1v) is 8.58. The average molecular weight is 386 g/mol. The number of ether oxygens (including phenoxy) is 1. The van der Waals surface area contributed by atoms with Crippen molar-refractivity contribution in [1.29, 1.82) is 0 Å². The highest BCUT2D eigenvalue weighted by atomic mass is 19.4. The van der Waals surface area contributed by atoms with E-state index in [1.165, 1.54) is 19.1 Å². The van der Waals surface area contributed by atoms with E-state index in [-0.39, 0.29) is 5.92 Å². The molecule has 0 bridgehead atoms. The Hall–Kier alpha value is -2.58. The van der Waals surface area contributed by atoms with E-state index in [0.29, 0.717) is 0 Å². The molecule has 1 saturated carbocycles. The summed E-state index contributed by atoms with van der Waals surface area (Å²) < 4.78 is 43.7. The van der Waals surface area contributed by atoms with Gasteiger partial charge in [-0.2, -0.15) is 13.2 Å². The SMILES string of the molecule is CC(=O)NC(C(=O)OCC(=O)Nc1ccccc1C(F)(F)F)C1CCCC1. The molecular formula is C18H21F3N2O4. The molecule has 0 heterocycles. The smallest absolute Gasteiger partial charge is 0.418 e. The Morgan fingerprint density at radius 1 is 1.19 bits per heavy atom. The summed E-state index contributed by atoms with van der Waals surface area (Å²) in [5.41, 5.74) is -1.41. The first-order chi connectivity index (χ1) is 12.7. The van der Waals surface area contributed by atoms with Gasteiger partial charge in [0, 0.05) is 6.92 Å². The van der Waals surface area contributed by atoms with Crippen LogP contribution in [0.1, 0.15) is 38.2 Å². The van der Waals surface area contributed by atoms with Crippen molar-refractivity contribution in [3.8, 4) is 0 Å². The molecule has 1 aliphatic rings. The molecule has 1 aromatic rings. The lowest BCUT2D eigenvalue weighted by molar-refractivity contribution is -0.152. The topological polar surface area (TPSA) is 84.5 Å². The van der Waals surface area contributed by atoms with Crippen LogP contribution < -0.4 is 10.6 Å². The summed E-state index contributed by atoms with van der Waals surface area (Å²) in [5.74, 6) is -2.13. The lowest BCUT2D eigenvalue weighted by Gasteiger charge is -2.22. The summed E-state index contributed by atoms with van der Waals surface area (Å²) in [6, 6.07) is 3.65. The van der Waals surface area contributed by atoms with Gasteiger partial charge in [0.1, 0.15) is 6.04 Å². The van der Waals surface area contributed by atoms with E-state index in [0.717, 1.165) is 37.8 Å². The molecule has 0 saturated heterocycles. The van der Waals surface area contributed by atoms with Crippen molar-refractivity contribution >= 4 is 23.5 Å². The first kappa shape index (κ1) is 20.7.